The van der Waals surface area contributed by atoms with Gasteiger partial charge in [-0.05, 0) is 49.4 Å². The van der Waals surface area contributed by atoms with Crippen LogP contribution in [0, 0.1) is 13.8 Å². The number of alkyl halides is 1. The van der Waals surface area contributed by atoms with Crippen LogP contribution < -0.4 is 4.31 Å². The quantitative estimate of drug-likeness (QED) is 0.494. The molecular weight excluding hydrogens is 433 g/mol. The van der Waals surface area contributed by atoms with Crippen molar-refractivity contribution in [2.45, 2.75) is 47.5 Å². The predicted octanol–water partition coefficient (Wildman–Crippen LogP) is 4.56. The lowest BCUT2D eigenvalue weighted by Crippen LogP contribution is -2.42. The molecule has 0 saturated heterocycles. The molecule has 0 bridgehead atoms. The smallest absolute Gasteiger partial charge is 0.261 e. The standard InChI is InChI=1S/C19H20INO2S/c1-12-6-3-4-9-17(12)24(22,23)21-18-13(2)7-5-8-14(18)15-10-11-16(20)19(15)21/h3-9,15-16,19H,10-11H2,1-2H3. The van der Waals surface area contributed by atoms with Gasteiger partial charge in [-0.1, -0.05) is 59.0 Å². The lowest BCUT2D eigenvalue weighted by atomic mass is 9.96. The lowest BCUT2D eigenvalue weighted by molar-refractivity contribution is 0.575. The summed E-state index contributed by atoms with van der Waals surface area (Å²) in [7, 11) is -3.56. The molecule has 4 rings (SSSR count). The highest BCUT2D eigenvalue weighted by Gasteiger charge is 2.51. The van der Waals surface area contributed by atoms with Gasteiger partial charge in [0.05, 0.1) is 16.6 Å². The van der Waals surface area contributed by atoms with E-state index in [1.165, 1.54) is 5.56 Å². The van der Waals surface area contributed by atoms with Crippen LogP contribution in [0.25, 0.3) is 0 Å². The molecule has 3 unspecified atom stereocenters. The number of nitrogens with zero attached hydrogens (tertiary/aromatic N) is 1. The third-order valence-electron chi connectivity index (χ3n) is 5.33. The average molecular weight is 453 g/mol. The summed E-state index contributed by atoms with van der Waals surface area (Å²) in [6.07, 6.45) is 2.14. The van der Waals surface area contributed by atoms with Gasteiger partial charge in [-0.15, -0.1) is 0 Å². The SMILES string of the molecule is Cc1ccccc1S(=O)(=O)N1c2c(C)cccc2C2CCC(I)C21. The molecule has 0 spiro atoms. The Balaban J connectivity index is 1.96. The van der Waals surface area contributed by atoms with E-state index in [0.717, 1.165) is 29.7 Å². The number of anilines is 1. The summed E-state index contributed by atoms with van der Waals surface area (Å²) in [6.45, 7) is 3.89. The Morgan fingerprint density at radius 1 is 1.00 bits per heavy atom. The summed E-state index contributed by atoms with van der Waals surface area (Å²) in [5.41, 5.74) is 3.97. The molecule has 1 heterocycles. The molecule has 5 heteroatoms. The maximum absolute atomic E-state index is 13.6. The predicted molar refractivity (Wildman–Crippen MR) is 106 cm³/mol. The molecule has 0 aromatic heterocycles. The number of benzene rings is 2. The van der Waals surface area contributed by atoms with Gasteiger partial charge in [-0.3, -0.25) is 4.31 Å². The zero-order valence-electron chi connectivity index (χ0n) is 13.7. The first-order valence-corrected chi connectivity index (χ1v) is 10.9. The Morgan fingerprint density at radius 3 is 2.46 bits per heavy atom. The minimum Gasteiger partial charge on any atom is -0.261 e. The van der Waals surface area contributed by atoms with Crippen molar-refractivity contribution in [2.75, 3.05) is 4.31 Å². The second-order valence-electron chi connectivity index (χ2n) is 6.77. The molecule has 1 saturated carbocycles. The van der Waals surface area contributed by atoms with Crippen LogP contribution >= 0.6 is 22.6 Å². The summed E-state index contributed by atoms with van der Waals surface area (Å²) in [6, 6.07) is 13.5. The summed E-state index contributed by atoms with van der Waals surface area (Å²) in [4.78, 5) is 0.426. The highest BCUT2D eigenvalue weighted by atomic mass is 127. The van der Waals surface area contributed by atoms with E-state index in [1.54, 1.807) is 10.4 Å². The van der Waals surface area contributed by atoms with E-state index in [4.69, 9.17) is 0 Å². The van der Waals surface area contributed by atoms with Crippen LogP contribution in [-0.2, 0) is 10.0 Å². The number of hydrogen-bond acceptors (Lipinski definition) is 2. The van der Waals surface area contributed by atoms with Gasteiger partial charge in [0.2, 0.25) is 0 Å². The van der Waals surface area contributed by atoms with Crippen LogP contribution in [0.4, 0.5) is 5.69 Å². The molecule has 2 aromatic carbocycles. The van der Waals surface area contributed by atoms with Gasteiger partial charge in [-0.2, -0.15) is 0 Å². The third-order valence-corrected chi connectivity index (χ3v) is 8.64. The van der Waals surface area contributed by atoms with Crippen molar-refractivity contribution < 1.29 is 8.42 Å². The number of hydrogen-bond donors (Lipinski definition) is 0. The minimum atomic E-state index is -3.56. The first-order valence-electron chi connectivity index (χ1n) is 8.26. The largest absolute Gasteiger partial charge is 0.264 e. The Kier molecular flexibility index (Phi) is 3.91. The summed E-state index contributed by atoms with van der Waals surface area (Å²) < 4.78 is 29.3. The maximum Gasteiger partial charge on any atom is 0.264 e. The number of sulfonamides is 1. The number of aryl methyl sites for hydroxylation is 2. The molecule has 0 amide bonds. The van der Waals surface area contributed by atoms with Crippen molar-refractivity contribution in [1.29, 1.82) is 0 Å². The van der Waals surface area contributed by atoms with Gasteiger partial charge in [-0.25, -0.2) is 8.42 Å². The van der Waals surface area contributed by atoms with Gasteiger partial charge >= 0.3 is 0 Å². The van der Waals surface area contributed by atoms with Crippen LogP contribution in [-0.4, -0.2) is 18.4 Å². The molecule has 1 aliphatic heterocycles. The molecule has 0 radical (unpaired) electrons. The number of para-hydroxylation sites is 1. The van der Waals surface area contributed by atoms with Gasteiger partial charge in [0.25, 0.3) is 10.0 Å². The van der Waals surface area contributed by atoms with Crippen molar-refractivity contribution in [3.63, 3.8) is 0 Å². The molecule has 1 aliphatic carbocycles. The molecule has 2 aliphatic rings. The van der Waals surface area contributed by atoms with Crippen molar-refractivity contribution in [3.05, 3.63) is 59.2 Å². The Morgan fingerprint density at radius 2 is 1.71 bits per heavy atom. The summed E-state index contributed by atoms with van der Waals surface area (Å²) in [5, 5.41) is 0. The highest BCUT2D eigenvalue weighted by Crippen LogP contribution is 2.54. The van der Waals surface area contributed by atoms with Gasteiger partial charge in [0.15, 0.2) is 0 Å². The molecule has 3 nitrogen and oxygen atoms in total. The van der Waals surface area contributed by atoms with Gasteiger partial charge in [0.1, 0.15) is 0 Å². The third kappa shape index (κ3) is 2.24. The van der Waals surface area contributed by atoms with Crippen LogP contribution in [0.15, 0.2) is 47.4 Å². The fourth-order valence-corrected chi connectivity index (χ4v) is 7.69. The van der Waals surface area contributed by atoms with E-state index < -0.39 is 10.0 Å². The Hall–Kier alpha value is -1.08. The topological polar surface area (TPSA) is 37.4 Å². The maximum atomic E-state index is 13.6. The summed E-state index contributed by atoms with van der Waals surface area (Å²) in [5.74, 6) is 0.320. The summed E-state index contributed by atoms with van der Waals surface area (Å²) >= 11 is 2.44. The fourth-order valence-electron chi connectivity index (χ4n) is 4.25. The molecule has 126 valence electrons. The molecule has 1 fully saturated rings. The second-order valence-corrected chi connectivity index (χ2v) is 10.2. The first-order chi connectivity index (χ1) is 11.4. The zero-order chi connectivity index (χ0) is 17.1. The lowest BCUT2D eigenvalue weighted by Gasteiger charge is -2.30. The normalized spacial score (nSPS) is 25.6. The molecular formula is C19H20INO2S. The van der Waals surface area contributed by atoms with Crippen molar-refractivity contribution in [1.82, 2.24) is 0 Å². The van der Waals surface area contributed by atoms with E-state index in [-0.39, 0.29) is 6.04 Å². The van der Waals surface area contributed by atoms with Crippen molar-refractivity contribution in [3.8, 4) is 0 Å². The first kappa shape index (κ1) is 16.4. The average Bonchev–Trinajstić information content (AvgIpc) is 3.07. The molecule has 0 N–H and O–H groups in total. The van der Waals surface area contributed by atoms with Crippen LogP contribution in [0.2, 0.25) is 0 Å². The van der Waals surface area contributed by atoms with Crippen LogP contribution in [0.5, 0.6) is 0 Å². The zero-order valence-corrected chi connectivity index (χ0v) is 16.7. The Bertz CT molecular complexity index is 909. The highest BCUT2D eigenvalue weighted by molar-refractivity contribution is 14.1. The van der Waals surface area contributed by atoms with E-state index in [2.05, 4.69) is 34.7 Å². The molecule has 3 atom stereocenters. The van der Waals surface area contributed by atoms with E-state index in [9.17, 15) is 8.42 Å². The van der Waals surface area contributed by atoms with Crippen molar-refractivity contribution >= 4 is 38.3 Å². The van der Waals surface area contributed by atoms with Gasteiger partial charge in [0, 0.05) is 9.84 Å². The van der Waals surface area contributed by atoms with E-state index in [0.29, 0.717) is 14.7 Å². The molecule has 24 heavy (non-hydrogen) atoms. The van der Waals surface area contributed by atoms with E-state index >= 15 is 0 Å². The Labute approximate surface area is 157 Å². The fraction of sp³-hybridized carbons (Fsp3) is 0.368. The van der Waals surface area contributed by atoms with Crippen LogP contribution in [0.1, 0.15) is 35.4 Å². The van der Waals surface area contributed by atoms with E-state index in [1.807, 2.05) is 38.1 Å². The number of rotatable bonds is 2. The molecule has 2 aromatic rings. The van der Waals surface area contributed by atoms with Gasteiger partial charge < -0.3 is 0 Å². The number of halogens is 1. The minimum absolute atomic E-state index is 0.0336. The van der Waals surface area contributed by atoms with Crippen molar-refractivity contribution in [2.24, 2.45) is 0 Å². The van der Waals surface area contributed by atoms with Crippen LogP contribution in [0.3, 0.4) is 0 Å². The number of fused-ring (bicyclic) bond motifs is 3. The monoisotopic (exact) mass is 453 g/mol. The second kappa shape index (κ2) is 5.73.